The number of aromatic carboxylic acids is 1. The van der Waals surface area contributed by atoms with Crippen molar-refractivity contribution in [2.24, 2.45) is 0 Å². The van der Waals surface area contributed by atoms with Crippen LogP contribution in [-0.2, 0) is 6.54 Å². The zero-order chi connectivity index (χ0) is 15.6. The van der Waals surface area contributed by atoms with Crippen LogP contribution in [-0.4, -0.2) is 15.6 Å². The van der Waals surface area contributed by atoms with Crippen molar-refractivity contribution in [3.8, 4) is 6.07 Å². The van der Waals surface area contributed by atoms with Gasteiger partial charge in [0.2, 0.25) is 0 Å². The van der Waals surface area contributed by atoms with Crippen molar-refractivity contribution in [1.82, 2.24) is 4.57 Å². The standard InChI is InChI=1S/C15H11FN2O3/c1-9-2-3-13(15(20)21)14(19)18(9)8-11-4-10(7-17)5-12(16)6-11/h2-6H,8H2,1H3,(H,20,21). The van der Waals surface area contributed by atoms with Gasteiger partial charge >= 0.3 is 5.97 Å². The summed E-state index contributed by atoms with van der Waals surface area (Å²) in [5, 5.41) is 17.8. The van der Waals surface area contributed by atoms with Gasteiger partial charge in [-0.15, -0.1) is 0 Å². The monoisotopic (exact) mass is 286 g/mol. The molecule has 2 aromatic rings. The fourth-order valence-corrected chi connectivity index (χ4v) is 2.02. The Balaban J connectivity index is 2.52. The lowest BCUT2D eigenvalue weighted by atomic mass is 10.1. The van der Waals surface area contributed by atoms with E-state index in [-0.39, 0.29) is 17.7 Å². The van der Waals surface area contributed by atoms with E-state index in [1.807, 2.05) is 6.07 Å². The second-order valence-electron chi connectivity index (χ2n) is 4.54. The molecule has 0 aliphatic heterocycles. The number of hydrogen-bond acceptors (Lipinski definition) is 3. The van der Waals surface area contributed by atoms with Gasteiger partial charge in [-0.25, -0.2) is 9.18 Å². The van der Waals surface area contributed by atoms with Crippen LogP contribution in [0, 0.1) is 24.1 Å². The Labute approximate surface area is 119 Å². The highest BCUT2D eigenvalue weighted by molar-refractivity contribution is 5.87. The van der Waals surface area contributed by atoms with Crippen LogP contribution in [0.1, 0.15) is 27.2 Å². The largest absolute Gasteiger partial charge is 0.477 e. The Kier molecular flexibility index (Phi) is 3.85. The van der Waals surface area contributed by atoms with E-state index >= 15 is 0 Å². The molecule has 2 rings (SSSR count). The molecule has 1 heterocycles. The van der Waals surface area contributed by atoms with Gasteiger partial charge in [-0.1, -0.05) is 0 Å². The normalized spacial score (nSPS) is 10.1. The molecule has 0 amide bonds. The summed E-state index contributed by atoms with van der Waals surface area (Å²) in [5.41, 5.74) is 0.0972. The summed E-state index contributed by atoms with van der Waals surface area (Å²) in [6.45, 7) is 1.65. The molecule has 0 unspecified atom stereocenters. The Hall–Kier alpha value is -2.94. The highest BCUT2D eigenvalue weighted by atomic mass is 19.1. The number of carbonyl (C=O) groups is 1. The number of hydrogen-bond donors (Lipinski definition) is 1. The van der Waals surface area contributed by atoms with Crippen molar-refractivity contribution in [1.29, 1.82) is 5.26 Å². The van der Waals surface area contributed by atoms with Crippen molar-refractivity contribution < 1.29 is 14.3 Å². The fraction of sp³-hybridized carbons (Fsp3) is 0.133. The first-order valence-electron chi connectivity index (χ1n) is 6.05. The number of aromatic nitrogens is 1. The molecule has 21 heavy (non-hydrogen) atoms. The van der Waals surface area contributed by atoms with Crippen molar-refractivity contribution in [3.63, 3.8) is 0 Å². The number of carboxylic acid groups (broad SMARTS) is 1. The second kappa shape index (κ2) is 5.59. The van der Waals surface area contributed by atoms with Crippen LogP contribution in [0.2, 0.25) is 0 Å². The smallest absolute Gasteiger partial charge is 0.341 e. The van der Waals surface area contributed by atoms with E-state index in [0.717, 1.165) is 6.07 Å². The first kappa shape index (κ1) is 14.5. The fourth-order valence-electron chi connectivity index (χ4n) is 2.02. The van der Waals surface area contributed by atoms with Crippen LogP contribution in [0.4, 0.5) is 4.39 Å². The maximum absolute atomic E-state index is 13.4. The minimum absolute atomic E-state index is 0.00176. The average Bonchev–Trinajstić information content (AvgIpc) is 2.42. The van der Waals surface area contributed by atoms with E-state index in [2.05, 4.69) is 0 Å². The topological polar surface area (TPSA) is 83.1 Å². The van der Waals surface area contributed by atoms with Crippen molar-refractivity contribution in [2.75, 3.05) is 0 Å². The summed E-state index contributed by atoms with van der Waals surface area (Å²) in [6.07, 6.45) is 0. The molecule has 0 saturated carbocycles. The molecule has 0 spiro atoms. The van der Waals surface area contributed by atoms with Gasteiger partial charge in [-0.2, -0.15) is 5.26 Å². The number of nitriles is 1. The second-order valence-corrected chi connectivity index (χ2v) is 4.54. The molecule has 0 radical (unpaired) electrons. The van der Waals surface area contributed by atoms with Crippen LogP contribution >= 0.6 is 0 Å². The lowest BCUT2D eigenvalue weighted by molar-refractivity contribution is 0.0694. The van der Waals surface area contributed by atoms with Gasteiger partial charge in [0.15, 0.2) is 0 Å². The predicted molar refractivity (Wildman–Crippen MR) is 72.6 cm³/mol. The lowest BCUT2D eigenvalue weighted by Crippen LogP contribution is -2.28. The molecule has 1 aromatic carbocycles. The van der Waals surface area contributed by atoms with Crippen LogP contribution in [0.15, 0.2) is 35.1 Å². The Morgan fingerprint density at radius 2 is 2.10 bits per heavy atom. The molecular weight excluding hydrogens is 275 g/mol. The van der Waals surface area contributed by atoms with E-state index in [1.54, 1.807) is 6.92 Å². The molecule has 0 fully saturated rings. The van der Waals surface area contributed by atoms with Crippen molar-refractivity contribution >= 4 is 5.97 Å². The first-order chi connectivity index (χ1) is 9.92. The van der Waals surface area contributed by atoms with Gasteiger partial charge in [0.25, 0.3) is 5.56 Å². The molecule has 0 aliphatic carbocycles. The van der Waals surface area contributed by atoms with Gasteiger partial charge in [0.1, 0.15) is 11.4 Å². The third kappa shape index (κ3) is 2.98. The molecule has 0 bridgehead atoms. The van der Waals surface area contributed by atoms with Crippen molar-refractivity contribution in [2.45, 2.75) is 13.5 Å². The summed E-state index contributed by atoms with van der Waals surface area (Å²) in [4.78, 5) is 23.1. The molecule has 106 valence electrons. The zero-order valence-electron chi connectivity index (χ0n) is 11.1. The molecule has 1 aromatic heterocycles. The van der Waals surface area contributed by atoms with Gasteiger partial charge in [-0.3, -0.25) is 4.79 Å². The number of nitrogens with zero attached hydrogens (tertiary/aromatic N) is 2. The Morgan fingerprint density at radius 3 is 2.71 bits per heavy atom. The van der Waals surface area contributed by atoms with Crippen LogP contribution in [0.3, 0.4) is 0 Å². The number of carboxylic acids is 1. The third-order valence-corrected chi connectivity index (χ3v) is 3.05. The lowest BCUT2D eigenvalue weighted by Gasteiger charge is -2.11. The quantitative estimate of drug-likeness (QED) is 0.934. The van der Waals surface area contributed by atoms with Gasteiger partial charge in [0.05, 0.1) is 18.2 Å². The number of aryl methyl sites for hydroxylation is 1. The van der Waals surface area contributed by atoms with E-state index in [0.29, 0.717) is 11.3 Å². The van der Waals surface area contributed by atoms with Crippen LogP contribution in [0.5, 0.6) is 0 Å². The molecular formula is C15H11FN2O3. The minimum Gasteiger partial charge on any atom is -0.477 e. The van der Waals surface area contributed by atoms with Crippen LogP contribution in [0.25, 0.3) is 0 Å². The van der Waals surface area contributed by atoms with Crippen molar-refractivity contribution in [3.05, 3.63) is 68.9 Å². The maximum Gasteiger partial charge on any atom is 0.341 e. The third-order valence-electron chi connectivity index (χ3n) is 3.05. The summed E-state index contributed by atoms with van der Waals surface area (Å²) < 4.78 is 14.6. The maximum atomic E-state index is 13.4. The van der Waals surface area contributed by atoms with Gasteiger partial charge in [0, 0.05) is 5.69 Å². The number of pyridine rings is 1. The summed E-state index contributed by atoms with van der Waals surface area (Å²) in [5.74, 6) is -1.89. The number of benzene rings is 1. The van der Waals surface area contributed by atoms with E-state index in [4.69, 9.17) is 10.4 Å². The highest BCUT2D eigenvalue weighted by Gasteiger charge is 2.13. The van der Waals surface area contributed by atoms with Crippen LogP contribution < -0.4 is 5.56 Å². The SMILES string of the molecule is Cc1ccc(C(=O)O)c(=O)n1Cc1cc(F)cc(C#N)c1. The molecule has 0 aliphatic rings. The number of halogens is 1. The summed E-state index contributed by atoms with van der Waals surface area (Å²) >= 11 is 0. The number of rotatable bonds is 3. The summed E-state index contributed by atoms with van der Waals surface area (Å²) in [7, 11) is 0. The molecule has 0 atom stereocenters. The predicted octanol–water partition coefficient (Wildman–Crippen LogP) is 1.91. The highest BCUT2D eigenvalue weighted by Crippen LogP contribution is 2.11. The molecule has 6 heteroatoms. The zero-order valence-corrected chi connectivity index (χ0v) is 11.1. The van der Waals surface area contributed by atoms with Gasteiger partial charge < -0.3 is 9.67 Å². The molecule has 5 nitrogen and oxygen atoms in total. The summed E-state index contributed by atoms with van der Waals surface area (Å²) in [6, 6.07) is 8.34. The van der Waals surface area contributed by atoms with E-state index < -0.39 is 17.3 Å². The first-order valence-corrected chi connectivity index (χ1v) is 6.05. The minimum atomic E-state index is -1.31. The van der Waals surface area contributed by atoms with Gasteiger partial charge in [-0.05, 0) is 42.8 Å². The van der Waals surface area contributed by atoms with E-state index in [1.165, 1.54) is 28.8 Å². The Morgan fingerprint density at radius 1 is 1.38 bits per heavy atom. The average molecular weight is 286 g/mol. The molecule has 1 N–H and O–H groups in total. The Bertz CT molecular complexity index is 819. The molecule has 0 saturated heterocycles. The van der Waals surface area contributed by atoms with E-state index in [9.17, 15) is 14.0 Å².